The molecule has 0 aliphatic heterocycles. The smallest absolute Gasteiger partial charge is 0.406 e. The number of carbonyl (C=O) groups is 1. The van der Waals surface area contributed by atoms with Gasteiger partial charge in [0.2, 0.25) is 0 Å². The molecule has 1 amide bonds. The third kappa shape index (κ3) is 4.93. The van der Waals surface area contributed by atoms with Crippen LogP contribution in [0.2, 0.25) is 0 Å². The van der Waals surface area contributed by atoms with Crippen LogP contribution in [0.15, 0.2) is 54.6 Å². The van der Waals surface area contributed by atoms with Gasteiger partial charge in [-0.3, -0.25) is 19.6 Å². The van der Waals surface area contributed by atoms with Gasteiger partial charge in [0.25, 0.3) is 11.6 Å². The number of nitrogens with zero attached hydrogens (tertiary/aromatic N) is 3. The SMILES string of the molecule is CCn1nc(NC(=O)c2ccc(OC(F)(F)F)cc2)cc1-c1ccc([N+](=O)[O-])cc1. The van der Waals surface area contributed by atoms with Crippen molar-refractivity contribution in [3.63, 3.8) is 0 Å². The van der Waals surface area contributed by atoms with Gasteiger partial charge in [0, 0.05) is 35.9 Å². The fourth-order valence-electron chi connectivity index (χ4n) is 2.70. The number of aromatic nitrogens is 2. The van der Waals surface area contributed by atoms with Gasteiger partial charge in [0.15, 0.2) is 5.82 Å². The second-order valence-electron chi connectivity index (χ2n) is 6.06. The molecule has 3 aromatic rings. The average Bonchev–Trinajstić information content (AvgIpc) is 3.10. The Bertz CT molecular complexity index is 1060. The maximum absolute atomic E-state index is 12.4. The fraction of sp³-hybridized carbons (Fsp3) is 0.158. The third-order valence-corrected chi connectivity index (χ3v) is 4.05. The van der Waals surface area contributed by atoms with Crippen LogP contribution in [-0.4, -0.2) is 27.0 Å². The summed E-state index contributed by atoms with van der Waals surface area (Å²) in [4.78, 5) is 22.7. The third-order valence-electron chi connectivity index (χ3n) is 4.05. The largest absolute Gasteiger partial charge is 0.573 e. The van der Waals surface area contributed by atoms with Crippen LogP contribution in [0.3, 0.4) is 0 Å². The number of nitro benzene ring substituents is 1. The molecule has 0 atom stereocenters. The Morgan fingerprint density at radius 3 is 2.33 bits per heavy atom. The highest BCUT2D eigenvalue weighted by Gasteiger charge is 2.31. The monoisotopic (exact) mass is 420 g/mol. The van der Waals surface area contributed by atoms with Gasteiger partial charge in [0.05, 0.1) is 10.6 Å². The number of aryl methyl sites for hydroxylation is 1. The van der Waals surface area contributed by atoms with Gasteiger partial charge >= 0.3 is 6.36 Å². The van der Waals surface area contributed by atoms with Gasteiger partial charge in [-0.15, -0.1) is 13.2 Å². The molecule has 8 nitrogen and oxygen atoms in total. The molecule has 0 saturated heterocycles. The number of hydrogen-bond donors (Lipinski definition) is 1. The number of carbonyl (C=O) groups excluding carboxylic acids is 1. The number of halogens is 3. The molecule has 2 aromatic carbocycles. The number of non-ortho nitro benzene ring substituents is 1. The molecule has 30 heavy (non-hydrogen) atoms. The van der Waals surface area contributed by atoms with Gasteiger partial charge in [-0.25, -0.2) is 0 Å². The van der Waals surface area contributed by atoms with E-state index >= 15 is 0 Å². The molecule has 156 valence electrons. The minimum Gasteiger partial charge on any atom is -0.406 e. The minimum absolute atomic E-state index is 0.0483. The summed E-state index contributed by atoms with van der Waals surface area (Å²) in [6.07, 6.45) is -4.81. The first kappa shape index (κ1) is 20.8. The topological polar surface area (TPSA) is 99.3 Å². The van der Waals surface area contributed by atoms with Gasteiger partial charge in [-0.05, 0) is 43.3 Å². The van der Waals surface area contributed by atoms with Crippen LogP contribution in [0.5, 0.6) is 5.75 Å². The lowest BCUT2D eigenvalue weighted by Crippen LogP contribution is -2.17. The van der Waals surface area contributed by atoms with Crippen molar-refractivity contribution in [1.82, 2.24) is 9.78 Å². The predicted octanol–water partition coefficient (Wildman–Crippen LogP) is 4.63. The number of benzene rings is 2. The van der Waals surface area contributed by atoms with E-state index in [1.807, 2.05) is 6.92 Å². The Hall–Kier alpha value is -3.89. The van der Waals surface area contributed by atoms with E-state index in [0.29, 0.717) is 17.8 Å². The molecule has 0 aliphatic rings. The van der Waals surface area contributed by atoms with Crippen LogP contribution in [0, 0.1) is 10.1 Å². The minimum atomic E-state index is -4.81. The molecule has 0 aliphatic carbocycles. The quantitative estimate of drug-likeness (QED) is 0.463. The Kier molecular flexibility index (Phi) is 5.72. The van der Waals surface area contributed by atoms with E-state index in [1.54, 1.807) is 22.9 Å². The first-order valence-corrected chi connectivity index (χ1v) is 8.66. The summed E-state index contributed by atoms with van der Waals surface area (Å²) < 4.78 is 42.0. The molecule has 0 spiro atoms. The van der Waals surface area contributed by atoms with E-state index in [4.69, 9.17) is 0 Å². The number of amides is 1. The van der Waals surface area contributed by atoms with E-state index in [2.05, 4.69) is 15.2 Å². The van der Waals surface area contributed by atoms with E-state index in [0.717, 1.165) is 12.1 Å². The Morgan fingerprint density at radius 2 is 1.80 bits per heavy atom. The van der Waals surface area contributed by atoms with Crippen molar-refractivity contribution in [3.8, 4) is 17.0 Å². The highest BCUT2D eigenvalue weighted by molar-refractivity contribution is 6.04. The van der Waals surface area contributed by atoms with Gasteiger partial charge in [-0.1, -0.05) is 0 Å². The maximum Gasteiger partial charge on any atom is 0.573 e. The van der Waals surface area contributed by atoms with Gasteiger partial charge in [0.1, 0.15) is 5.75 Å². The molecule has 0 unspecified atom stereocenters. The molecule has 0 fully saturated rings. The Balaban J connectivity index is 1.77. The van der Waals surface area contributed by atoms with Crippen LogP contribution in [0.1, 0.15) is 17.3 Å². The molecule has 0 radical (unpaired) electrons. The number of rotatable bonds is 6. The van der Waals surface area contributed by atoms with E-state index in [-0.39, 0.29) is 17.1 Å². The van der Waals surface area contributed by atoms with Crippen molar-refractivity contribution in [2.45, 2.75) is 19.8 Å². The van der Waals surface area contributed by atoms with Crippen LogP contribution < -0.4 is 10.1 Å². The highest BCUT2D eigenvalue weighted by atomic mass is 19.4. The number of hydrogen-bond acceptors (Lipinski definition) is 5. The lowest BCUT2D eigenvalue weighted by Gasteiger charge is -2.09. The molecule has 11 heteroatoms. The summed E-state index contributed by atoms with van der Waals surface area (Å²) in [5, 5.41) is 17.6. The second-order valence-corrected chi connectivity index (χ2v) is 6.06. The number of anilines is 1. The Morgan fingerprint density at radius 1 is 1.17 bits per heavy atom. The van der Waals surface area contributed by atoms with E-state index in [1.165, 1.54) is 24.3 Å². The van der Waals surface area contributed by atoms with Gasteiger partial charge in [-0.2, -0.15) is 5.10 Å². The zero-order valence-corrected chi connectivity index (χ0v) is 15.5. The first-order valence-electron chi connectivity index (χ1n) is 8.66. The molecule has 1 aromatic heterocycles. The van der Waals surface area contributed by atoms with Crippen molar-refractivity contribution in [1.29, 1.82) is 0 Å². The fourth-order valence-corrected chi connectivity index (χ4v) is 2.70. The summed E-state index contributed by atoms with van der Waals surface area (Å²) >= 11 is 0. The second kappa shape index (κ2) is 8.23. The molecule has 1 heterocycles. The van der Waals surface area contributed by atoms with Gasteiger partial charge < -0.3 is 10.1 Å². The number of alkyl halides is 3. The molecule has 3 rings (SSSR count). The van der Waals surface area contributed by atoms with Crippen molar-refractivity contribution < 1.29 is 27.6 Å². The molecule has 0 saturated carbocycles. The number of nitrogens with one attached hydrogen (secondary N) is 1. The molecule has 0 bridgehead atoms. The summed E-state index contributed by atoms with van der Waals surface area (Å²) in [6, 6.07) is 12.0. The number of nitro groups is 1. The van der Waals surface area contributed by atoms with Crippen molar-refractivity contribution >= 4 is 17.4 Å². The van der Waals surface area contributed by atoms with Crippen molar-refractivity contribution in [2.75, 3.05) is 5.32 Å². The summed E-state index contributed by atoms with van der Waals surface area (Å²) in [5.41, 5.74) is 1.38. The lowest BCUT2D eigenvalue weighted by atomic mass is 10.1. The van der Waals surface area contributed by atoms with Crippen LogP contribution in [0.4, 0.5) is 24.7 Å². The standard InChI is InChI=1S/C19H15F3N4O4/c1-2-25-16(12-3-7-14(8-4-12)26(28)29)11-17(24-25)23-18(27)13-5-9-15(10-6-13)30-19(20,21)22/h3-11H,2H2,1H3,(H,23,24,27). The number of ether oxygens (including phenoxy) is 1. The Labute approximate surface area is 168 Å². The van der Waals surface area contributed by atoms with Crippen LogP contribution >= 0.6 is 0 Å². The summed E-state index contributed by atoms with van der Waals surface area (Å²) in [5.74, 6) is -0.773. The lowest BCUT2D eigenvalue weighted by molar-refractivity contribution is -0.384. The van der Waals surface area contributed by atoms with Crippen LogP contribution in [0.25, 0.3) is 11.3 Å². The van der Waals surface area contributed by atoms with E-state index in [9.17, 15) is 28.1 Å². The normalized spacial score (nSPS) is 11.2. The summed E-state index contributed by atoms with van der Waals surface area (Å²) in [6.45, 7) is 2.32. The highest BCUT2D eigenvalue weighted by Crippen LogP contribution is 2.26. The summed E-state index contributed by atoms with van der Waals surface area (Å²) in [7, 11) is 0. The van der Waals surface area contributed by atoms with Crippen LogP contribution in [-0.2, 0) is 6.54 Å². The zero-order valence-electron chi connectivity index (χ0n) is 15.5. The average molecular weight is 420 g/mol. The predicted molar refractivity (Wildman–Crippen MR) is 101 cm³/mol. The molecule has 1 N–H and O–H groups in total. The van der Waals surface area contributed by atoms with E-state index < -0.39 is 22.9 Å². The van der Waals surface area contributed by atoms with Crippen molar-refractivity contribution in [3.05, 3.63) is 70.3 Å². The first-order chi connectivity index (χ1) is 14.2. The molecular formula is C19H15F3N4O4. The maximum atomic E-state index is 12.4. The van der Waals surface area contributed by atoms with Crippen molar-refractivity contribution in [2.24, 2.45) is 0 Å². The molecular weight excluding hydrogens is 405 g/mol. The zero-order chi connectivity index (χ0) is 21.9.